The summed E-state index contributed by atoms with van der Waals surface area (Å²) in [7, 11) is 0. The number of benzene rings is 1. The Morgan fingerprint density at radius 2 is 2.06 bits per heavy atom. The van der Waals surface area contributed by atoms with Crippen molar-refractivity contribution in [1.29, 1.82) is 0 Å². The van der Waals surface area contributed by atoms with Crippen molar-refractivity contribution >= 4 is 11.6 Å². The maximum absolute atomic E-state index is 5.82. The lowest BCUT2D eigenvalue weighted by Crippen LogP contribution is -1.91. The van der Waals surface area contributed by atoms with Gasteiger partial charge in [-0.15, -0.1) is 11.6 Å². The van der Waals surface area contributed by atoms with Crippen molar-refractivity contribution in [3.8, 4) is 11.5 Å². The molecule has 0 aliphatic heterocycles. The lowest BCUT2D eigenvalue weighted by atomic mass is 10.1. The first kappa shape index (κ1) is 11.9. The molecule has 2 nitrogen and oxygen atoms in total. The molecule has 0 unspecified atom stereocenters. The van der Waals surface area contributed by atoms with E-state index in [-0.39, 0.29) is 0 Å². The Morgan fingerprint density at radius 3 is 2.82 bits per heavy atom. The van der Waals surface area contributed by atoms with Gasteiger partial charge in [0.15, 0.2) is 0 Å². The zero-order chi connectivity index (χ0) is 12.1. The topological polar surface area (TPSA) is 22.1 Å². The minimum absolute atomic E-state index is 0.444. The molecule has 1 aromatic heterocycles. The molecule has 0 aliphatic rings. The van der Waals surface area contributed by atoms with Crippen LogP contribution >= 0.6 is 11.6 Å². The van der Waals surface area contributed by atoms with Crippen LogP contribution in [0.15, 0.2) is 42.7 Å². The summed E-state index contributed by atoms with van der Waals surface area (Å²) in [5, 5.41) is 0. The van der Waals surface area contributed by atoms with Gasteiger partial charge in [0.2, 0.25) is 0 Å². The predicted octanol–water partition coefficient (Wildman–Crippen LogP) is 4.18. The van der Waals surface area contributed by atoms with Gasteiger partial charge < -0.3 is 4.74 Å². The number of hydrogen-bond acceptors (Lipinski definition) is 2. The Labute approximate surface area is 106 Å². The monoisotopic (exact) mass is 247 g/mol. The summed E-state index contributed by atoms with van der Waals surface area (Å²) in [4.78, 5) is 4.10. The van der Waals surface area contributed by atoms with Gasteiger partial charge in [0.25, 0.3) is 0 Å². The molecule has 88 valence electrons. The standard InChI is InChI=1S/C14H14ClNO/c1-2-12-5-3-4-6-14(12)17-13-7-11(8-15)9-16-10-13/h3-7,9-10H,2,8H2,1H3. The molecule has 1 heterocycles. The van der Waals surface area contributed by atoms with Crippen molar-refractivity contribution in [1.82, 2.24) is 4.98 Å². The fourth-order valence-corrected chi connectivity index (χ4v) is 1.76. The van der Waals surface area contributed by atoms with E-state index in [1.807, 2.05) is 24.3 Å². The SMILES string of the molecule is CCc1ccccc1Oc1cncc(CCl)c1. The van der Waals surface area contributed by atoms with Crippen LogP contribution in [0.5, 0.6) is 11.5 Å². The molecular formula is C14H14ClNO. The first-order valence-corrected chi connectivity index (χ1v) is 6.12. The number of para-hydroxylation sites is 1. The molecule has 0 N–H and O–H groups in total. The molecule has 0 saturated heterocycles. The number of ether oxygens (including phenoxy) is 1. The number of nitrogens with zero attached hydrogens (tertiary/aromatic N) is 1. The minimum Gasteiger partial charge on any atom is -0.455 e. The van der Waals surface area contributed by atoms with Crippen molar-refractivity contribution in [2.75, 3.05) is 0 Å². The fourth-order valence-electron chi connectivity index (χ4n) is 1.62. The number of hydrogen-bond donors (Lipinski definition) is 0. The smallest absolute Gasteiger partial charge is 0.146 e. The zero-order valence-electron chi connectivity index (χ0n) is 9.69. The van der Waals surface area contributed by atoms with Crippen molar-refractivity contribution in [3.63, 3.8) is 0 Å². The molecule has 2 aromatic rings. The molecule has 0 spiro atoms. The molecule has 0 bridgehead atoms. The van der Waals surface area contributed by atoms with Gasteiger partial charge in [0.1, 0.15) is 11.5 Å². The molecular weight excluding hydrogens is 234 g/mol. The molecule has 0 radical (unpaired) electrons. The summed E-state index contributed by atoms with van der Waals surface area (Å²) in [6, 6.07) is 9.92. The quantitative estimate of drug-likeness (QED) is 0.757. The summed E-state index contributed by atoms with van der Waals surface area (Å²) in [6.07, 6.45) is 4.38. The number of halogens is 1. The van der Waals surface area contributed by atoms with Gasteiger partial charge in [-0.1, -0.05) is 25.1 Å². The van der Waals surface area contributed by atoms with Crippen molar-refractivity contribution in [2.45, 2.75) is 19.2 Å². The summed E-state index contributed by atoms with van der Waals surface area (Å²) < 4.78 is 5.82. The summed E-state index contributed by atoms with van der Waals surface area (Å²) >= 11 is 5.76. The Bertz CT molecular complexity index is 499. The molecule has 0 amide bonds. The predicted molar refractivity (Wildman–Crippen MR) is 69.7 cm³/mol. The normalized spacial score (nSPS) is 10.2. The van der Waals surface area contributed by atoms with Crippen LogP contribution in [0.1, 0.15) is 18.1 Å². The molecule has 0 atom stereocenters. The third-order valence-corrected chi connectivity index (χ3v) is 2.81. The molecule has 0 aliphatic carbocycles. The largest absolute Gasteiger partial charge is 0.455 e. The van der Waals surface area contributed by atoms with E-state index in [4.69, 9.17) is 16.3 Å². The summed E-state index contributed by atoms with van der Waals surface area (Å²) in [5.74, 6) is 2.05. The number of pyridine rings is 1. The van der Waals surface area contributed by atoms with Crippen LogP contribution in [-0.4, -0.2) is 4.98 Å². The molecule has 1 aromatic carbocycles. The Balaban J connectivity index is 2.24. The van der Waals surface area contributed by atoms with Crippen LogP contribution in [-0.2, 0) is 12.3 Å². The van der Waals surface area contributed by atoms with Crippen LogP contribution in [0.2, 0.25) is 0 Å². The minimum atomic E-state index is 0.444. The molecule has 0 fully saturated rings. The fraction of sp³-hybridized carbons (Fsp3) is 0.214. The van der Waals surface area contributed by atoms with Crippen LogP contribution in [0, 0.1) is 0 Å². The van der Waals surface area contributed by atoms with Crippen LogP contribution < -0.4 is 4.74 Å². The van der Waals surface area contributed by atoms with E-state index in [0.29, 0.717) is 5.88 Å². The molecule has 0 saturated carbocycles. The molecule has 2 rings (SSSR count). The number of alkyl halides is 1. The Hall–Kier alpha value is -1.54. The van der Waals surface area contributed by atoms with Gasteiger partial charge in [-0.25, -0.2) is 0 Å². The van der Waals surface area contributed by atoms with Gasteiger partial charge in [0, 0.05) is 12.1 Å². The second kappa shape index (κ2) is 5.69. The van der Waals surface area contributed by atoms with Crippen molar-refractivity contribution in [2.24, 2.45) is 0 Å². The first-order chi connectivity index (χ1) is 8.33. The van der Waals surface area contributed by atoms with Crippen LogP contribution in [0.3, 0.4) is 0 Å². The maximum Gasteiger partial charge on any atom is 0.146 e. The second-order valence-corrected chi connectivity index (χ2v) is 3.99. The van der Waals surface area contributed by atoms with Crippen molar-refractivity contribution in [3.05, 3.63) is 53.9 Å². The second-order valence-electron chi connectivity index (χ2n) is 3.73. The van der Waals surface area contributed by atoms with Crippen molar-refractivity contribution < 1.29 is 4.74 Å². The Morgan fingerprint density at radius 1 is 1.24 bits per heavy atom. The van der Waals surface area contributed by atoms with Gasteiger partial charge in [-0.3, -0.25) is 4.98 Å². The number of aryl methyl sites for hydroxylation is 1. The lowest BCUT2D eigenvalue weighted by molar-refractivity contribution is 0.474. The van der Waals surface area contributed by atoms with E-state index in [1.54, 1.807) is 12.4 Å². The molecule has 3 heteroatoms. The third-order valence-electron chi connectivity index (χ3n) is 2.51. The van der Waals surface area contributed by atoms with E-state index in [1.165, 1.54) is 5.56 Å². The highest BCUT2D eigenvalue weighted by atomic mass is 35.5. The van der Waals surface area contributed by atoms with Gasteiger partial charge in [-0.05, 0) is 29.7 Å². The number of aromatic nitrogens is 1. The van der Waals surface area contributed by atoms with E-state index in [0.717, 1.165) is 23.5 Å². The summed E-state index contributed by atoms with van der Waals surface area (Å²) in [5.41, 5.74) is 2.14. The van der Waals surface area contributed by atoms with E-state index in [9.17, 15) is 0 Å². The van der Waals surface area contributed by atoms with Gasteiger partial charge in [0.05, 0.1) is 6.20 Å². The average Bonchev–Trinajstić information content (AvgIpc) is 2.39. The average molecular weight is 248 g/mol. The van der Waals surface area contributed by atoms with Crippen LogP contribution in [0.4, 0.5) is 0 Å². The Kier molecular flexibility index (Phi) is 3.99. The first-order valence-electron chi connectivity index (χ1n) is 5.59. The van der Waals surface area contributed by atoms with Crippen LogP contribution in [0.25, 0.3) is 0 Å². The zero-order valence-corrected chi connectivity index (χ0v) is 10.4. The van der Waals surface area contributed by atoms with E-state index in [2.05, 4.69) is 18.0 Å². The number of rotatable bonds is 4. The highest BCUT2D eigenvalue weighted by Gasteiger charge is 2.03. The summed E-state index contributed by atoms with van der Waals surface area (Å²) in [6.45, 7) is 2.11. The van der Waals surface area contributed by atoms with Gasteiger partial charge >= 0.3 is 0 Å². The van der Waals surface area contributed by atoms with Gasteiger partial charge in [-0.2, -0.15) is 0 Å². The lowest BCUT2D eigenvalue weighted by Gasteiger charge is -2.09. The molecule has 17 heavy (non-hydrogen) atoms. The van der Waals surface area contributed by atoms with E-state index < -0.39 is 0 Å². The van der Waals surface area contributed by atoms with E-state index >= 15 is 0 Å². The highest BCUT2D eigenvalue weighted by Crippen LogP contribution is 2.25. The highest BCUT2D eigenvalue weighted by molar-refractivity contribution is 6.17. The maximum atomic E-state index is 5.82. The third kappa shape index (κ3) is 2.98.